The molecule has 0 bridgehead atoms. The minimum absolute atomic E-state index is 0.0416. The number of nitrogens with one attached hydrogen (secondary N) is 3. The highest BCUT2D eigenvalue weighted by Crippen LogP contribution is 2.07. The van der Waals surface area contributed by atoms with Crippen LogP contribution >= 0.6 is 0 Å². The Kier molecular flexibility index (Phi) is 8.31. The summed E-state index contributed by atoms with van der Waals surface area (Å²) in [6.45, 7) is 13.3. The number of carbonyl (C=O) groups is 3. The van der Waals surface area contributed by atoms with E-state index in [2.05, 4.69) is 20.9 Å². The average molecular weight is 355 g/mol. The highest BCUT2D eigenvalue weighted by atomic mass is 16.2. The van der Waals surface area contributed by atoms with E-state index in [-0.39, 0.29) is 17.9 Å². The van der Waals surface area contributed by atoms with E-state index in [0.717, 1.165) is 19.5 Å². The van der Waals surface area contributed by atoms with Crippen LogP contribution in [0.25, 0.3) is 0 Å². The normalized spacial score (nSPS) is 17.6. The number of rotatable bonds is 6. The van der Waals surface area contributed by atoms with E-state index in [0.29, 0.717) is 26.2 Å². The molecule has 1 atom stereocenters. The molecule has 3 N–H and O–H groups in total. The summed E-state index contributed by atoms with van der Waals surface area (Å²) in [5.41, 5.74) is -0.391. The lowest BCUT2D eigenvalue weighted by Gasteiger charge is -2.37. The van der Waals surface area contributed by atoms with Crippen molar-refractivity contribution in [3.05, 3.63) is 0 Å². The fourth-order valence-corrected chi connectivity index (χ4v) is 2.59. The first kappa shape index (κ1) is 21.4. The van der Waals surface area contributed by atoms with Gasteiger partial charge < -0.3 is 10.6 Å². The molecule has 1 unspecified atom stereocenters. The fourth-order valence-electron chi connectivity index (χ4n) is 2.59. The van der Waals surface area contributed by atoms with Crippen molar-refractivity contribution in [1.29, 1.82) is 0 Å². The van der Waals surface area contributed by atoms with Gasteiger partial charge in [-0.25, -0.2) is 4.79 Å². The van der Waals surface area contributed by atoms with Gasteiger partial charge in [0, 0.05) is 38.3 Å². The summed E-state index contributed by atoms with van der Waals surface area (Å²) in [5, 5.41) is 7.97. The number of urea groups is 1. The second kappa shape index (κ2) is 9.72. The molecule has 4 amide bonds. The molecular formula is C17H33N5O3. The Morgan fingerprint density at radius 3 is 2.20 bits per heavy atom. The number of imide groups is 1. The van der Waals surface area contributed by atoms with Gasteiger partial charge >= 0.3 is 6.03 Å². The zero-order valence-electron chi connectivity index (χ0n) is 16.1. The molecule has 0 saturated carbocycles. The van der Waals surface area contributed by atoms with Crippen LogP contribution in [0.5, 0.6) is 0 Å². The van der Waals surface area contributed by atoms with Crippen LogP contribution in [0.4, 0.5) is 4.79 Å². The molecule has 0 aromatic carbocycles. The van der Waals surface area contributed by atoms with Crippen molar-refractivity contribution in [2.24, 2.45) is 0 Å². The number of nitrogens with zero attached hydrogens (tertiary/aromatic N) is 2. The third kappa shape index (κ3) is 8.31. The molecule has 0 spiro atoms. The second-order valence-electron chi connectivity index (χ2n) is 7.53. The minimum atomic E-state index is -0.476. The maximum Gasteiger partial charge on any atom is 0.321 e. The van der Waals surface area contributed by atoms with Gasteiger partial charge in [-0.15, -0.1) is 0 Å². The zero-order valence-corrected chi connectivity index (χ0v) is 16.1. The van der Waals surface area contributed by atoms with Gasteiger partial charge in [-0.05, 0) is 34.1 Å². The van der Waals surface area contributed by atoms with Crippen LogP contribution in [-0.4, -0.2) is 78.5 Å². The van der Waals surface area contributed by atoms with Gasteiger partial charge in [-0.3, -0.25) is 24.7 Å². The Morgan fingerprint density at radius 1 is 1.08 bits per heavy atom. The zero-order chi connectivity index (χ0) is 19.0. The topological polar surface area (TPSA) is 93.8 Å². The van der Waals surface area contributed by atoms with E-state index in [1.54, 1.807) is 6.92 Å². The first-order valence-electron chi connectivity index (χ1n) is 8.98. The Bertz CT molecular complexity index is 467. The van der Waals surface area contributed by atoms with E-state index >= 15 is 0 Å². The summed E-state index contributed by atoms with van der Waals surface area (Å²) in [4.78, 5) is 39.9. The summed E-state index contributed by atoms with van der Waals surface area (Å²) in [7, 11) is 0. The van der Waals surface area contributed by atoms with Gasteiger partial charge in [0.25, 0.3) is 0 Å². The number of hydrogen-bond acceptors (Lipinski definition) is 5. The van der Waals surface area contributed by atoms with Crippen molar-refractivity contribution >= 4 is 17.8 Å². The molecule has 25 heavy (non-hydrogen) atoms. The molecule has 0 aliphatic carbocycles. The molecule has 1 heterocycles. The Balaban J connectivity index is 2.37. The van der Waals surface area contributed by atoms with Crippen LogP contribution in [0.3, 0.4) is 0 Å². The summed E-state index contributed by atoms with van der Waals surface area (Å²) in [6.07, 6.45) is 0.926. The van der Waals surface area contributed by atoms with E-state index < -0.39 is 11.6 Å². The summed E-state index contributed by atoms with van der Waals surface area (Å²) in [6, 6.07) is -0.864. The van der Waals surface area contributed by atoms with Crippen LogP contribution in [0.1, 0.15) is 41.0 Å². The lowest BCUT2D eigenvalue weighted by Crippen LogP contribution is -2.57. The van der Waals surface area contributed by atoms with Crippen LogP contribution in [0.2, 0.25) is 0 Å². The smallest absolute Gasteiger partial charge is 0.321 e. The molecule has 1 fully saturated rings. The second-order valence-corrected chi connectivity index (χ2v) is 7.53. The molecule has 0 radical (unpaired) electrons. The van der Waals surface area contributed by atoms with E-state index in [1.165, 1.54) is 0 Å². The van der Waals surface area contributed by atoms with Crippen molar-refractivity contribution in [1.82, 2.24) is 25.8 Å². The third-order valence-corrected chi connectivity index (χ3v) is 4.00. The molecule has 0 aromatic heterocycles. The van der Waals surface area contributed by atoms with Gasteiger partial charge in [0.2, 0.25) is 11.8 Å². The van der Waals surface area contributed by atoms with Crippen molar-refractivity contribution < 1.29 is 14.4 Å². The first-order chi connectivity index (χ1) is 11.6. The van der Waals surface area contributed by atoms with Crippen molar-refractivity contribution in [3.63, 3.8) is 0 Å². The summed E-state index contributed by atoms with van der Waals surface area (Å²) < 4.78 is 0. The van der Waals surface area contributed by atoms with E-state index in [1.807, 2.05) is 32.6 Å². The molecule has 1 aliphatic heterocycles. The Morgan fingerprint density at radius 2 is 1.68 bits per heavy atom. The number of hydrogen-bond donors (Lipinski definition) is 3. The highest BCUT2D eigenvalue weighted by Gasteiger charge is 2.27. The van der Waals surface area contributed by atoms with Gasteiger partial charge in [0.05, 0.1) is 12.6 Å². The summed E-state index contributed by atoms with van der Waals surface area (Å²) in [5.74, 6) is -0.268. The average Bonchev–Trinajstić information content (AvgIpc) is 2.51. The minimum Gasteiger partial charge on any atom is -0.355 e. The quantitative estimate of drug-likeness (QED) is 0.630. The summed E-state index contributed by atoms with van der Waals surface area (Å²) >= 11 is 0. The Hall–Kier alpha value is -1.67. The van der Waals surface area contributed by atoms with Gasteiger partial charge in [-0.1, -0.05) is 6.92 Å². The number of piperazine rings is 1. The molecule has 8 heteroatoms. The van der Waals surface area contributed by atoms with Crippen molar-refractivity contribution in [3.8, 4) is 0 Å². The molecule has 1 aliphatic rings. The molecule has 144 valence electrons. The lowest BCUT2D eigenvalue weighted by molar-refractivity contribution is -0.127. The SMILES string of the molecule is CCCNC(=O)CN1CCN(C(C)C(=O)NC(=O)NC(C)(C)C)CC1. The monoisotopic (exact) mass is 355 g/mol. The molecule has 8 nitrogen and oxygen atoms in total. The standard InChI is InChI=1S/C17H33N5O3/c1-6-7-18-14(23)12-21-8-10-22(11-9-21)13(2)15(24)19-16(25)20-17(3,4)5/h13H,6-12H2,1-5H3,(H,18,23)(H2,19,20,24,25). The van der Waals surface area contributed by atoms with Gasteiger partial charge in [0.1, 0.15) is 0 Å². The lowest BCUT2D eigenvalue weighted by atomic mass is 10.1. The fraction of sp³-hybridized carbons (Fsp3) is 0.824. The van der Waals surface area contributed by atoms with Crippen molar-refractivity contribution in [2.75, 3.05) is 39.3 Å². The Labute approximate surface area is 150 Å². The van der Waals surface area contributed by atoms with E-state index in [9.17, 15) is 14.4 Å². The van der Waals surface area contributed by atoms with Crippen LogP contribution in [0.15, 0.2) is 0 Å². The first-order valence-corrected chi connectivity index (χ1v) is 8.98. The van der Waals surface area contributed by atoms with Crippen molar-refractivity contribution in [2.45, 2.75) is 52.6 Å². The molecular weight excluding hydrogens is 322 g/mol. The van der Waals surface area contributed by atoms with Crippen LogP contribution in [0, 0.1) is 0 Å². The van der Waals surface area contributed by atoms with Gasteiger partial charge in [0.15, 0.2) is 0 Å². The predicted molar refractivity (Wildman–Crippen MR) is 97.2 cm³/mol. The van der Waals surface area contributed by atoms with Gasteiger partial charge in [-0.2, -0.15) is 0 Å². The third-order valence-electron chi connectivity index (χ3n) is 4.00. The largest absolute Gasteiger partial charge is 0.355 e. The maximum absolute atomic E-state index is 12.2. The number of carbonyl (C=O) groups excluding carboxylic acids is 3. The molecule has 0 aromatic rings. The highest BCUT2D eigenvalue weighted by molar-refractivity contribution is 5.97. The molecule has 1 saturated heterocycles. The maximum atomic E-state index is 12.2. The van der Waals surface area contributed by atoms with Crippen LogP contribution in [-0.2, 0) is 9.59 Å². The number of amides is 4. The molecule has 1 rings (SSSR count). The van der Waals surface area contributed by atoms with E-state index in [4.69, 9.17) is 0 Å². The predicted octanol–water partition coefficient (Wildman–Crippen LogP) is 0.143. The van der Waals surface area contributed by atoms with Crippen LogP contribution < -0.4 is 16.0 Å².